The van der Waals surface area contributed by atoms with Crippen molar-refractivity contribution in [1.82, 2.24) is 14.6 Å². The predicted molar refractivity (Wildman–Crippen MR) is 152 cm³/mol. The fraction of sp³-hybridized carbons (Fsp3) is 0.345. The Bertz CT molecular complexity index is 1680. The second kappa shape index (κ2) is 10.4. The first kappa shape index (κ1) is 26.1. The lowest BCUT2D eigenvalue weighted by Crippen LogP contribution is -2.40. The van der Waals surface area contributed by atoms with Crippen molar-refractivity contribution in [3.63, 3.8) is 0 Å². The Hall–Kier alpha value is -4.14. The first-order valence-corrected chi connectivity index (χ1v) is 15.0. The Morgan fingerprint density at radius 1 is 1.12 bits per heavy atom. The Kier molecular flexibility index (Phi) is 6.82. The van der Waals surface area contributed by atoms with E-state index in [1.54, 1.807) is 24.0 Å². The van der Waals surface area contributed by atoms with E-state index in [0.717, 1.165) is 41.1 Å². The number of fused-ring (bicyclic) bond motifs is 1. The van der Waals surface area contributed by atoms with E-state index in [1.165, 1.54) is 6.20 Å². The quantitative estimate of drug-likeness (QED) is 0.347. The highest BCUT2D eigenvalue weighted by molar-refractivity contribution is 7.93. The number of aromatic nitrogens is 3. The van der Waals surface area contributed by atoms with Crippen LogP contribution in [0.1, 0.15) is 24.0 Å². The zero-order valence-electron chi connectivity index (χ0n) is 22.2. The van der Waals surface area contributed by atoms with Crippen LogP contribution in [0.25, 0.3) is 16.6 Å². The molecule has 4 heterocycles. The lowest BCUT2D eigenvalue weighted by Gasteiger charge is -2.29. The Morgan fingerprint density at radius 3 is 2.55 bits per heavy atom. The number of hydrogen-bond donors (Lipinski definition) is 1. The summed E-state index contributed by atoms with van der Waals surface area (Å²) in [4.78, 5) is 6.83. The van der Waals surface area contributed by atoms with Crippen molar-refractivity contribution in [3.05, 3.63) is 72.2 Å². The molecular weight excluding hydrogens is 528 g/mol. The van der Waals surface area contributed by atoms with Gasteiger partial charge in [0.2, 0.25) is 0 Å². The summed E-state index contributed by atoms with van der Waals surface area (Å²) in [5.41, 5.74) is 2.97. The van der Waals surface area contributed by atoms with Gasteiger partial charge >= 0.3 is 0 Å². The van der Waals surface area contributed by atoms with Crippen molar-refractivity contribution < 1.29 is 18.8 Å². The fourth-order valence-corrected chi connectivity index (χ4v) is 6.58. The molecular formula is C29H30N6O4S. The third kappa shape index (κ3) is 5.46. The third-order valence-electron chi connectivity index (χ3n) is 7.43. The van der Waals surface area contributed by atoms with Gasteiger partial charge in [0.1, 0.15) is 30.0 Å². The molecule has 10 nitrogen and oxygen atoms in total. The molecule has 0 amide bonds. The second-order valence-corrected chi connectivity index (χ2v) is 12.9. The normalized spacial score (nSPS) is 17.3. The highest BCUT2D eigenvalue weighted by Crippen LogP contribution is 2.37. The van der Waals surface area contributed by atoms with Crippen LogP contribution in [0.4, 0.5) is 5.82 Å². The lowest BCUT2D eigenvalue weighted by atomic mass is 10.1. The van der Waals surface area contributed by atoms with E-state index in [2.05, 4.69) is 20.4 Å². The molecule has 1 aliphatic heterocycles. The van der Waals surface area contributed by atoms with Gasteiger partial charge in [0, 0.05) is 41.9 Å². The molecule has 3 aromatic heterocycles. The van der Waals surface area contributed by atoms with Gasteiger partial charge in [0.05, 0.1) is 52.5 Å². The van der Waals surface area contributed by atoms with E-state index < -0.39 is 15.3 Å². The van der Waals surface area contributed by atoms with Gasteiger partial charge in [-0.3, -0.25) is 0 Å². The molecule has 206 valence electrons. The van der Waals surface area contributed by atoms with Gasteiger partial charge in [0.15, 0.2) is 0 Å². The summed E-state index contributed by atoms with van der Waals surface area (Å²) in [6.07, 6.45) is 6.49. The summed E-state index contributed by atoms with van der Waals surface area (Å²) < 4.78 is 30.6. The molecule has 1 saturated heterocycles. The van der Waals surface area contributed by atoms with E-state index in [4.69, 9.17) is 14.5 Å². The summed E-state index contributed by atoms with van der Waals surface area (Å²) in [7, 11) is -0.656. The van der Waals surface area contributed by atoms with Gasteiger partial charge in [-0.05, 0) is 48.7 Å². The van der Waals surface area contributed by atoms with Crippen molar-refractivity contribution in [2.45, 2.75) is 25.0 Å². The maximum atomic E-state index is 13.3. The topological polar surface area (TPSA) is 125 Å². The van der Waals surface area contributed by atoms with Crippen LogP contribution < -0.4 is 14.4 Å². The van der Waals surface area contributed by atoms with Crippen LogP contribution >= 0.6 is 0 Å². The van der Waals surface area contributed by atoms with Crippen molar-refractivity contribution >= 4 is 21.1 Å². The van der Waals surface area contributed by atoms with Gasteiger partial charge in [-0.2, -0.15) is 10.4 Å². The maximum absolute atomic E-state index is 13.3. The van der Waals surface area contributed by atoms with Crippen molar-refractivity contribution in [2.24, 2.45) is 4.36 Å². The van der Waals surface area contributed by atoms with E-state index in [0.29, 0.717) is 48.0 Å². The number of ether oxygens (including phenoxy) is 2. The molecule has 2 aliphatic rings. The van der Waals surface area contributed by atoms with E-state index in [9.17, 15) is 14.6 Å². The molecule has 11 heteroatoms. The summed E-state index contributed by atoms with van der Waals surface area (Å²) in [6.45, 7) is 1.85. The molecule has 4 aromatic rings. The number of pyridine rings is 2. The number of rotatable bonds is 8. The number of benzene rings is 1. The smallest absolute Gasteiger partial charge is 0.138 e. The number of anilines is 1. The highest BCUT2D eigenvalue weighted by atomic mass is 32.2. The van der Waals surface area contributed by atoms with Crippen LogP contribution in [0.15, 0.2) is 65.4 Å². The molecule has 0 bridgehead atoms. The van der Waals surface area contributed by atoms with Crippen molar-refractivity contribution in [2.75, 3.05) is 43.2 Å². The van der Waals surface area contributed by atoms with Crippen LogP contribution in [0.5, 0.6) is 11.5 Å². The average Bonchev–Trinajstić information content (AvgIpc) is 3.58. The Balaban J connectivity index is 1.17. The zero-order valence-corrected chi connectivity index (χ0v) is 23.0. The van der Waals surface area contributed by atoms with Crippen LogP contribution in [0, 0.1) is 11.3 Å². The Labute approximate surface area is 233 Å². The zero-order chi connectivity index (χ0) is 27.7. The number of aliphatic hydroxyl groups is 1. The van der Waals surface area contributed by atoms with Gasteiger partial charge in [-0.25, -0.2) is 18.1 Å². The molecule has 1 saturated carbocycles. The predicted octanol–water partition coefficient (Wildman–Crippen LogP) is 3.67. The minimum atomic E-state index is -2.29. The largest absolute Gasteiger partial charge is 0.497 e. The second-order valence-electron chi connectivity index (χ2n) is 10.3. The van der Waals surface area contributed by atoms with Crippen LogP contribution in [0.2, 0.25) is 0 Å². The number of nitrogens with zero attached hydrogens (tertiary/aromatic N) is 6. The number of hydrogen-bond acceptors (Lipinski definition) is 9. The standard InChI is InChI=1S/C29H30N6O4S/c1-38-24-5-2-21(3-6-24)16-33-40(37)12-10-34(11-13-40)27-7-4-22(17-31-27)26-14-25(39-20-29(36)8-9-29)19-35-28(26)23(15-30)18-32-35/h2-7,14,17-19,36H,8-13,16,20H2,1H3. The average molecular weight is 559 g/mol. The van der Waals surface area contributed by atoms with Crippen molar-refractivity contribution in [3.8, 4) is 28.7 Å². The molecule has 2 fully saturated rings. The molecule has 0 radical (unpaired) electrons. The first-order valence-electron chi connectivity index (χ1n) is 13.2. The summed E-state index contributed by atoms with van der Waals surface area (Å²) >= 11 is 0. The summed E-state index contributed by atoms with van der Waals surface area (Å²) in [5, 5.41) is 24.1. The van der Waals surface area contributed by atoms with E-state index in [-0.39, 0.29) is 6.61 Å². The van der Waals surface area contributed by atoms with Gasteiger partial charge in [-0.15, -0.1) is 0 Å². The summed E-state index contributed by atoms with van der Waals surface area (Å²) in [6, 6.07) is 15.6. The van der Waals surface area contributed by atoms with Crippen LogP contribution in [-0.4, -0.2) is 67.8 Å². The highest BCUT2D eigenvalue weighted by Gasteiger charge is 2.41. The molecule has 6 rings (SSSR count). The molecule has 1 aliphatic carbocycles. The molecule has 40 heavy (non-hydrogen) atoms. The molecule has 0 spiro atoms. The van der Waals surface area contributed by atoms with E-state index in [1.807, 2.05) is 42.5 Å². The minimum Gasteiger partial charge on any atom is -0.497 e. The fourth-order valence-electron chi connectivity index (χ4n) is 4.72. The molecule has 1 aromatic carbocycles. The minimum absolute atomic E-state index is 0.214. The molecule has 0 atom stereocenters. The molecule has 0 unspecified atom stereocenters. The SMILES string of the molecule is COc1ccc(CN=S2(=O)CCN(c3ccc(-c4cc(OCC5(O)CC5)cn5ncc(C#N)c45)cn3)CC2)cc1. The van der Waals surface area contributed by atoms with Gasteiger partial charge < -0.3 is 19.5 Å². The third-order valence-corrected chi connectivity index (χ3v) is 9.67. The maximum Gasteiger partial charge on any atom is 0.138 e. The number of methoxy groups -OCH3 is 1. The van der Waals surface area contributed by atoms with Crippen molar-refractivity contribution in [1.29, 1.82) is 5.26 Å². The number of nitriles is 1. The monoisotopic (exact) mass is 558 g/mol. The van der Waals surface area contributed by atoms with E-state index >= 15 is 0 Å². The first-order chi connectivity index (χ1) is 19.4. The van der Waals surface area contributed by atoms with Crippen LogP contribution in [0.3, 0.4) is 0 Å². The van der Waals surface area contributed by atoms with Gasteiger partial charge in [-0.1, -0.05) is 12.1 Å². The lowest BCUT2D eigenvalue weighted by molar-refractivity contribution is 0.0854. The molecule has 1 N–H and O–H groups in total. The summed E-state index contributed by atoms with van der Waals surface area (Å²) in [5.74, 6) is 3.12. The van der Waals surface area contributed by atoms with Gasteiger partial charge in [0.25, 0.3) is 0 Å². The van der Waals surface area contributed by atoms with Crippen LogP contribution in [-0.2, 0) is 16.3 Å². The Morgan fingerprint density at radius 2 is 1.90 bits per heavy atom.